The molecular formula is C7H17N3O. The standard InChI is InChI=1S/C7H17N3O/c1-4-11-7(2,3)5-10-6(8)9/h4-5H2,1-3H3,(H4,8,9,10). The van der Waals surface area contributed by atoms with Crippen LogP contribution in [0.2, 0.25) is 0 Å². The third-order valence-electron chi connectivity index (χ3n) is 1.18. The van der Waals surface area contributed by atoms with Crippen LogP contribution in [-0.4, -0.2) is 24.7 Å². The van der Waals surface area contributed by atoms with E-state index in [0.717, 1.165) is 0 Å². The summed E-state index contributed by atoms with van der Waals surface area (Å²) < 4.78 is 5.36. The van der Waals surface area contributed by atoms with Crippen LogP contribution >= 0.6 is 0 Å². The Bertz CT molecular complexity index is 139. The first-order valence-electron chi connectivity index (χ1n) is 3.67. The van der Waals surface area contributed by atoms with Gasteiger partial charge in [0.05, 0.1) is 12.1 Å². The van der Waals surface area contributed by atoms with Crippen molar-refractivity contribution >= 4 is 5.96 Å². The van der Waals surface area contributed by atoms with Crippen LogP contribution in [0.3, 0.4) is 0 Å². The SMILES string of the molecule is CCOC(C)(C)CN=C(N)N. The first kappa shape index (κ1) is 10.2. The summed E-state index contributed by atoms with van der Waals surface area (Å²) in [5.41, 5.74) is 10.1. The van der Waals surface area contributed by atoms with Crippen LogP contribution < -0.4 is 11.5 Å². The minimum Gasteiger partial charge on any atom is -0.374 e. The Kier molecular flexibility index (Phi) is 3.89. The Morgan fingerprint density at radius 3 is 2.36 bits per heavy atom. The summed E-state index contributed by atoms with van der Waals surface area (Å²) in [7, 11) is 0. The Morgan fingerprint density at radius 1 is 1.45 bits per heavy atom. The van der Waals surface area contributed by atoms with E-state index in [1.807, 2.05) is 20.8 Å². The molecule has 11 heavy (non-hydrogen) atoms. The van der Waals surface area contributed by atoms with E-state index in [1.165, 1.54) is 0 Å². The Balaban J connectivity index is 3.81. The van der Waals surface area contributed by atoms with Gasteiger partial charge in [-0.25, -0.2) is 0 Å². The van der Waals surface area contributed by atoms with Crippen LogP contribution in [0.15, 0.2) is 4.99 Å². The lowest BCUT2D eigenvalue weighted by Gasteiger charge is -2.21. The number of hydrogen-bond donors (Lipinski definition) is 2. The van der Waals surface area contributed by atoms with Crippen LogP contribution in [-0.2, 0) is 4.74 Å². The number of nitrogens with two attached hydrogens (primary N) is 2. The van der Waals surface area contributed by atoms with Crippen molar-refractivity contribution < 1.29 is 4.74 Å². The van der Waals surface area contributed by atoms with Crippen molar-refractivity contribution in [3.05, 3.63) is 0 Å². The zero-order chi connectivity index (χ0) is 8.91. The molecule has 4 N–H and O–H groups in total. The van der Waals surface area contributed by atoms with E-state index in [-0.39, 0.29) is 11.6 Å². The number of hydrogen-bond acceptors (Lipinski definition) is 2. The van der Waals surface area contributed by atoms with Gasteiger partial charge in [-0.3, -0.25) is 4.99 Å². The minimum atomic E-state index is -0.265. The summed E-state index contributed by atoms with van der Waals surface area (Å²) in [6, 6.07) is 0. The third-order valence-corrected chi connectivity index (χ3v) is 1.18. The molecule has 0 aliphatic carbocycles. The molecule has 0 saturated heterocycles. The molecule has 4 nitrogen and oxygen atoms in total. The predicted molar refractivity (Wildman–Crippen MR) is 46.4 cm³/mol. The summed E-state index contributed by atoms with van der Waals surface area (Å²) in [6.45, 7) is 7.01. The van der Waals surface area contributed by atoms with Gasteiger partial charge in [-0.15, -0.1) is 0 Å². The molecule has 0 radical (unpaired) electrons. The van der Waals surface area contributed by atoms with E-state index < -0.39 is 0 Å². The molecule has 0 saturated carbocycles. The molecule has 0 bridgehead atoms. The minimum absolute atomic E-state index is 0.109. The van der Waals surface area contributed by atoms with E-state index in [9.17, 15) is 0 Å². The van der Waals surface area contributed by atoms with Gasteiger partial charge in [-0.2, -0.15) is 0 Å². The van der Waals surface area contributed by atoms with Gasteiger partial charge < -0.3 is 16.2 Å². The Morgan fingerprint density at radius 2 is 2.00 bits per heavy atom. The lowest BCUT2D eigenvalue weighted by Crippen LogP contribution is -2.31. The van der Waals surface area contributed by atoms with E-state index >= 15 is 0 Å². The van der Waals surface area contributed by atoms with Crippen molar-refractivity contribution in [1.29, 1.82) is 0 Å². The maximum absolute atomic E-state index is 5.36. The Hall–Kier alpha value is -0.770. The first-order chi connectivity index (χ1) is 4.98. The van der Waals surface area contributed by atoms with Crippen LogP contribution in [0, 0.1) is 0 Å². The van der Waals surface area contributed by atoms with Gasteiger partial charge in [-0.1, -0.05) is 0 Å². The topological polar surface area (TPSA) is 73.6 Å². The molecular weight excluding hydrogens is 142 g/mol. The average Bonchev–Trinajstić information content (AvgIpc) is 1.84. The molecule has 0 aromatic heterocycles. The molecule has 4 heteroatoms. The van der Waals surface area contributed by atoms with E-state index in [1.54, 1.807) is 0 Å². The monoisotopic (exact) mass is 159 g/mol. The summed E-state index contributed by atoms with van der Waals surface area (Å²) >= 11 is 0. The largest absolute Gasteiger partial charge is 0.374 e. The Labute approximate surface area is 67.6 Å². The molecule has 0 unspecified atom stereocenters. The van der Waals surface area contributed by atoms with Gasteiger partial charge in [0.25, 0.3) is 0 Å². The summed E-state index contributed by atoms with van der Waals surface area (Å²) in [5, 5.41) is 0. The highest BCUT2D eigenvalue weighted by Crippen LogP contribution is 2.08. The number of aliphatic imine (C=N–C) groups is 1. The molecule has 0 spiro atoms. The average molecular weight is 159 g/mol. The number of rotatable bonds is 4. The fourth-order valence-electron chi connectivity index (χ4n) is 0.718. The second-order valence-corrected chi connectivity index (χ2v) is 2.93. The fraction of sp³-hybridized carbons (Fsp3) is 0.857. The van der Waals surface area contributed by atoms with Crippen molar-refractivity contribution in [3.8, 4) is 0 Å². The lowest BCUT2D eigenvalue weighted by atomic mass is 10.1. The molecule has 0 aromatic rings. The molecule has 0 aliphatic heterocycles. The van der Waals surface area contributed by atoms with Gasteiger partial charge in [-0.05, 0) is 20.8 Å². The lowest BCUT2D eigenvalue weighted by molar-refractivity contribution is -0.00212. The van der Waals surface area contributed by atoms with Crippen molar-refractivity contribution in [2.24, 2.45) is 16.5 Å². The molecule has 0 fully saturated rings. The van der Waals surface area contributed by atoms with Gasteiger partial charge in [0.2, 0.25) is 0 Å². The highest BCUT2D eigenvalue weighted by Gasteiger charge is 2.16. The van der Waals surface area contributed by atoms with E-state index in [2.05, 4.69) is 4.99 Å². The molecule has 0 amide bonds. The molecule has 0 rings (SSSR count). The molecule has 0 aromatic carbocycles. The van der Waals surface area contributed by atoms with Crippen LogP contribution in [0.25, 0.3) is 0 Å². The van der Waals surface area contributed by atoms with Crippen molar-refractivity contribution in [2.75, 3.05) is 13.2 Å². The number of nitrogens with zero attached hydrogens (tertiary/aromatic N) is 1. The molecule has 66 valence electrons. The van der Waals surface area contributed by atoms with Gasteiger partial charge >= 0.3 is 0 Å². The van der Waals surface area contributed by atoms with Crippen molar-refractivity contribution in [1.82, 2.24) is 0 Å². The second-order valence-electron chi connectivity index (χ2n) is 2.93. The molecule has 0 aliphatic rings. The highest BCUT2D eigenvalue weighted by molar-refractivity contribution is 5.75. The fourth-order valence-corrected chi connectivity index (χ4v) is 0.718. The predicted octanol–water partition coefficient (Wildman–Crippen LogP) is 0.0749. The number of ether oxygens (including phenoxy) is 1. The van der Waals surface area contributed by atoms with Crippen molar-refractivity contribution in [2.45, 2.75) is 26.4 Å². The van der Waals surface area contributed by atoms with Crippen LogP contribution in [0.1, 0.15) is 20.8 Å². The zero-order valence-corrected chi connectivity index (χ0v) is 7.42. The van der Waals surface area contributed by atoms with E-state index in [0.29, 0.717) is 13.2 Å². The van der Waals surface area contributed by atoms with Crippen LogP contribution in [0.5, 0.6) is 0 Å². The first-order valence-corrected chi connectivity index (χ1v) is 3.67. The second kappa shape index (κ2) is 4.18. The zero-order valence-electron chi connectivity index (χ0n) is 7.42. The van der Waals surface area contributed by atoms with Crippen LogP contribution in [0.4, 0.5) is 0 Å². The highest BCUT2D eigenvalue weighted by atomic mass is 16.5. The molecule has 0 heterocycles. The van der Waals surface area contributed by atoms with Gasteiger partial charge in [0.1, 0.15) is 0 Å². The summed E-state index contributed by atoms with van der Waals surface area (Å²) in [4.78, 5) is 3.86. The van der Waals surface area contributed by atoms with Gasteiger partial charge in [0.15, 0.2) is 5.96 Å². The normalized spacial score (nSPS) is 11.2. The van der Waals surface area contributed by atoms with Crippen molar-refractivity contribution in [3.63, 3.8) is 0 Å². The molecule has 0 atom stereocenters. The maximum Gasteiger partial charge on any atom is 0.186 e. The maximum atomic E-state index is 5.36. The van der Waals surface area contributed by atoms with E-state index in [4.69, 9.17) is 16.2 Å². The van der Waals surface area contributed by atoms with Gasteiger partial charge in [0, 0.05) is 6.61 Å². The smallest absolute Gasteiger partial charge is 0.186 e. The third kappa shape index (κ3) is 5.66. The summed E-state index contributed by atoms with van der Waals surface area (Å²) in [6.07, 6.45) is 0. The summed E-state index contributed by atoms with van der Waals surface area (Å²) in [5.74, 6) is 0.109. The quantitative estimate of drug-likeness (QED) is 0.450. The number of guanidine groups is 1.